The van der Waals surface area contributed by atoms with Crippen molar-refractivity contribution in [3.05, 3.63) is 46.4 Å². The number of aliphatic hydroxyl groups is 1. The van der Waals surface area contributed by atoms with Gasteiger partial charge in [-0.15, -0.1) is 0 Å². The van der Waals surface area contributed by atoms with Crippen molar-refractivity contribution in [2.24, 2.45) is 0 Å². The third kappa shape index (κ3) is 3.38. The molecule has 0 aliphatic carbocycles. The average molecular weight is 336 g/mol. The molecular weight excluding hydrogens is 318 g/mol. The van der Waals surface area contributed by atoms with E-state index in [2.05, 4.69) is 15.9 Å². The summed E-state index contributed by atoms with van der Waals surface area (Å²) < 4.78 is 1.03. The van der Waals surface area contributed by atoms with Crippen LogP contribution in [0.15, 0.2) is 40.9 Å². The van der Waals surface area contributed by atoms with E-state index in [1.54, 1.807) is 4.90 Å². The van der Waals surface area contributed by atoms with Gasteiger partial charge in [-0.05, 0) is 48.4 Å². The van der Waals surface area contributed by atoms with Gasteiger partial charge in [0.15, 0.2) is 0 Å². The summed E-state index contributed by atoms with van der Waals surface area (Å²) in [6, 6.07) is 11.8. The van der Waals surface area contributed by atoms with Crippen molar-refractivity contribution in [2.75, 3.05) is 19.7 Å². The van der Waals surface area contributed by atoms with Crippen LogP contribution in [0.3, 0.4) is 0 Å². The van der Waals surface area contributed by atoms with Crippen molar-refractivity contribution in [3.63, 3.8) is 0 Å². The van der Waals surface area contributed by atoms with Gasteiger partial charge in [0.05, 0.1) is 0 Å². The van der Waals surface area contributed by atoms with Gasteiger partial charge in [0.1, 0.15) is 0 Å². The second-order valence-corrected chi connectivity index (χ2v) is 5.58. The van der Waals surface area contributed by atoms with Gasteiger partial charge in [0.25, 0.3) is 5.91 Å². The molecule has 0 fully saturated rings. The zero-order valence-corrected chi connectivity index (χ0v) is 13.1. The number of amides is 1. The highest BCUT2D eigenvalue weighted by molar-refractivity contribution is 9.10. The van der Waals surface area contributed by atoms with Crippen LogP contribution in [0.1, 0.15) is 23.7 Å². The molecule has 0 unspecified atom stereocenters. The highest BCUT2D eigenvalue weighted by atomic mass is 79.9. The normalized spacial score (nSPS) is 10.8. The molecule has 0 aliphatic rings. The van der Waals surface area contributed by atoms with Gasteiger partial charge in [-0.25, -0.2) is 0 Å². The summed E-state index contributed by atoms with van der Waals surface area (Å²) in [7, 11) is 0. The number of carbonyl (C=O) groups is 1. The second kappa shape index (κ2) is 6.86. The molecule has 0 saturated heterocycles. The molecule has 3 nitrogen and oxygen atoms in total. The molecule has 0 heterocycles. The van der Waals surface area contributed by atoms with Crippen LogP contribution in [0.5, 0.6) is 0 Å². The van der Waals surface area contributed by atoms with E-state index in [1.807, 2.05) is 43.3 Å². The first-order chi connectivity index (χ1) is 9.65. The van der Waals surface area contributed by atoms with Gasteiger partial charge in [-0.1, -0.05) is 28.1 Å². The van der Waals surface area contributed by atoms with Crippen molar-refractivity contribution < 1.29 is 9.90 Å². The van der Waals surface area contributed by atoms with Crippen LogP contribution in [-0.2, 0) is 0 Å². The zero-order valence-electron chi connectivity index (χ0n) is 11.5. The molecule has 0 radical (unpaired) electrons. The van der Waals surface area contributed by atoms with E-state index in [1.165, 1.54) is 0 Å². The molecule has 0 saturated carbocycles. The number of benzene rings is 2. The van der Waals surface area contributed by atoms with Crippen molar-refractivity contribution >= 4 is 32.6 Å². The number of hydrogen-bond acceptors (Lipinski definition) is 2. The molecule has 1 N–H and O–H groups in total. The first-order valence-corrected chi connectivity index (χ1v) is 7.54. The fourth-order valence-electron chi connectivity index (χ4n) is 2.20. The molecule has 2 rings (SSSR count). The molecule has 1 amide bonds. The maximum absolute atomic E-state index is 12.4. The van der Waals surface area contributed by atoms with Gasteiger partial charge in [-0.2, -0.15) is 0 Å². The lowest BCUT2D eigenvalue weighted by atomic mass is 10.1. The standard InChI is InChI=1S/C16H18BrNO2/c1-2-18(8-3-9-19)16(20)14-5-4-13-11-15(17)7-6-12(13)10-14/h4-7,10-11,19H,2-3,8-9H2,1H3. The number of aliphatic hydroxyl groups excluding tert-OH is 1. The van der Waals surface area contributed by atoms with Gasteiger partial charge in [0.2, 0.25) is 0 Å². The van der Waals surface area contributed by atoms with Crippen LogP contribution in [0.2, 0.25) is 0 Å². The van der Waals surface area contributed by atoms with Crippen LogP contribution in [-0.4, -0.2) is 35.6 Å². The predicted molar refractivity (Wildman–Crippen MR) is 84.9 cm³/mol. The maximum atomic E-state index is 12.4. The topological polar surface area (TPSA) is 40.5 Å². The molecule has 0 aromatic heterocycles. The molecule has 0 atom stereocenters. The molecule has 106 valence electrons. The molecule has 2 aromatic carbocycles. The predicted octanol–water partition coefficient (Wildman–Crippen LogP) is 3.45. The Bertz CT molecular complexity index is 612. The molecule has 0 spiro atoms. The Hall–Kier alpha value is -1.39. The van der Waals surface area contributed by atoms with Crippen LogP contribution in [0.4, 0.5) is 0 Å². The summed E-state index contributed by atoms with van der Waals surface area (Å²) in [5.74, 6) is 0.0192. The van der Waals surface area contributed by atoms with E-state index in [-0.39, 0.29) is 12.5 Å². The van der Waals surface area contributed by atoms with Gasteiger partial charge in [-0.3, -0.25) is 4.79 Å². The average Bonchev–Trinajstić information content (AvgIpc) is 2.47. The number of rotatable bonds is 5. The fourth-order valence-corrected chi connectivity index (χ4v) is 2.58. The molecule has 0 aliphatic heterocycles. The Morgan fingerprint density at radius 1 is 1.20 bits per heavy atom. The Kier molecular flexibility index (Phi) is 5.15. The Labute approximate surface area is 127 Å². The monoisotopic (exact) mass is 335 g/mol. The summed E-state index contributed by atoms with van der Waals surface area (Å²) in [4.78, 5) is 14.2. The van der Waals surface area contributed by atoms with Crippen LogP contribution < -0.4 is 0 Å². The summed E-state index contributed by atoms with van der Waals surface area (Å²) in [6.45, 7) is 3.30. The lowest BCUT2D eigenvalue weighted by Gasteiger charge is -2.20. The highest BCUT2D eigenvalue weighted by Gasteiger charge is 2.13. The summed E-state index contributed by atoms with van der Waals surface area (Å²) >= 11 is 3.44. The van der Waals surface area contributed by atoms with E-state index in [0.29, 0.717) is 25.1 Å². The lowest BCUT2D eigenvalue weighted by molar-refractivity contribution is 0.0754. The quantitative estimate of drug-likeness (QED) is 0.909. The lowest BCUT2D eigenvalue weighted by Crippen LogP contribution is -2.32. The van der Waals surface area contributed by atoms with E-state index in [9.17, 15) is 4.79 Å². The first-order valence-electron chi connectivity index (χ1n) is 6.75. The fraction of sp³-hybridized carbons (Fsp3) is 0.312. The van der Waals surface area contributed by atoms with Crippen LogP contribution in [0, 0.1) is 0 Å². The summed E-state index contributed by atoms with van der Waals surface area (Å²) in [5, 5.41) is 11.0. The SMILES string of the molecule is CCN(CCCO)C(=O)c1ccc2cc(Br)ccc2c1. The molecule has 0 bridgehead atoms. The van der Waals surface area contributed by atoms with Crippen molar-refractivity contribution in [3.8, 4) is 0 Å². The van der Waals surface area contributed by atoms with E-state index in [0.717, 1.165) is 15.2 Å². The minimum atomic E-state index is 0.0192. The van der Waals surface area contributed by atoms with Crippen molar-refractivity contribution in [2.45, 2.75) is 13.3 Å². The number of nitrogens with zero attached hydrogens (tertiary/aromatic N) is 1. The number of fused-ring (bicyclic) bond motifs is 1. The highest BCUT2D eigenvalue weighted by Crippen LogP contribution is 2.21. The number of hydrogen-bond donors (Lipinski definition) is 1. The minimum absolute atomic E-state index is 0.0192. The minimum Gasteiger partial charge on any atom is -0.396 e. The Morgan fingerprint density at radius 3 is 2.60 bits per heavy atom. The first kappa shape index (κ1) is 15.0. The molecule has 2 aromatic rings. The van der Waals surface area contributed by atoms with Crippen molar-refractivity contribution in [1.29, 1.82) is 0 Å². The molecular formula is C16H18BrNO2. The van der Waals surface area contributed by atoms with E-state index >= 15 is 0 Å². The van der Waals surface area contributed by atoms with Gasteiger partial charge in [0, 0.05) is 29.7 Å². The largest absolute Gasteiger partial charge is 0.396 e. The molecule has 4 heteroatoms. The summed E-state index contributed by atoms with van der Waals surface area (Å²) in [6.07, 6.45) is 0.611. The third-order valence-corrected chi connectivity index (χ3v) is 3.80. The zero-order chi connectivity index (χ0) is 14.5. The molecule has 20 heavy (non-hydrogen) atoms. The van der Waals surface area contributed by atoms with Crippen LogP contribution >= 0.6 is 15.9 Å². The Morgan fingerprint density at radius 2 is 1.90 bits per heavy atom. The smallest absolute Gasteiger partial charge is 0.253 e. The second-order valence-electron chi connectivity index (χ2n) is 4.67. The Balaban J connectivity index is 2.27. The van der Waals surface area contributed by atoms with Gasteiger partial charge >= 0.3 is 0 Å². The van der Waals surface area contributed by atoms with Crippen molar-refractivity contribution in [1.82, 2.24) is 4.90 Å². The van der Waals surface area contributed by atoms with E-state index in [4.69, 9.17) is 5.11 Å². The third-order valence-electron chi connectivity index (χ3n) is 3.30. The van der Waals surface area contributed by atoms with E-state index < -0.39 is 0 Å². The number of halogens is 1. The number of carbonyl (C=O) groups excluding carboxylic acids is 1. The van der Waals surface area contributed by atoms with Crippen LogP contribution in [0.25, 0.3) is 10.8 Å². The summed E-state index contributed by atoms with van der Waals surface area (Å²) in [5.41, 5.74) is 0.694. The van der Waals surface area contributed by atoms with Gasteiger partial charge < -0.3 is 10.0 Å². The maximum Gasteiger partial charge on any atom is 0.253 e.